The number of nitrogens with zero attached hydrogens (tertiary/aromatic N) is 4. The number of carbonyl (C=O) groups excluding carboxylic acids is 4. The molecule has 0 saturated carbocycles. The molecule has 0 saturated heterocycles. The number of nitro benzene ring substituents is 1. The van der Waals surface area contributed by atoms with Crippen LogP contribution in [0.25, 0.3) is 5.69 Å². The topological polar surface area (TPSA) is 154 Å². The summed E-state index contributed by atoms with van der Waals surface area (Å²) >= 11 is 0. The lowest BCUT2D eigenvalue weighted by Crippen LogP contribution is -2.37. The van der Waals surface area contributed by atoms with Crippen LogP contribution < -0.4 is 5.32 Å². The zero-order valence-corrected chi connectivity index (χ0v) is 17.8. The molecular weight excluding hydrogens is 446 g/mol. The zero-order chi connectivity index (χ0) is 24.4. The van der Waals surface area contributed by atoms with E-state index in [1.807, 2.05) is 0 Å². The van der Waals surface area contributed by atoms with Gasteiger partial charge in [-0.1, -0.05) is 18.2 Å². The van der Waals surface area contributed by atoms with Crippen molar-refractivity contribution in [3.63, 3.8) is 0 Å². The van der Waals surface area contributed by atoms with Crippen molar-refractivity contribution < 1.29 is 28.8 Å². The first-order chi connectivity index (χ1) is 16.3. The number of imide groups is 1. The number of amides is 3. The number of esters is 1. The van der Waals surface area contributed by atoms with E-state index in [2.05, 4.69) is 10.4 Å². The highest BCUT2D eigenvalue weighted by Crippen LogP contribution is 2.27. The molecule has 3 aromatic rings. The maximum absolute atomic E-state index is 12.8. The largest absolute Gasteiger partial charge is 0.462 e. The van der Waals surface area contributed by atoms with Gasteiger partial charge in [-0.25, -0.2) is 9.48 Å². The molecule has 0 spiro atoms. The summed E-state index contributed by atoms with van der Waals surface area (Å²) in [6.45, 7) is 1.05. The number of aromatic nitrogens is 2. The summed E-state index contributed by atoms with van der Waals surface area (Å²) in [5, 5.41) is 17.7. The van der Waals surface area contributed by atoms with Crippen molar-refractivity contribution in [1.82, 2.24) is 14.7 Å². The molecule has 1 aromatic heterocycles. The van der Waals surface area contributed by atoms with Crippen molar-refractivity contribution >= 4 is 35.2 Å². The molecule has 0 unspecified atom stereocenters. The summed E-state index contributed by atoms with van der Waals surface area (Å²) in [4.78, 5) is 61.5. The summed E-state index contributed by atoms with van der Waals surface area (Å²) < 4.78 is 6.34. The Morgan fingerprint density at radius 2 is 1.79 bits per heavy atom. The molecule has 0 bridgehead atoms. The summed E-state index contributed by atoms with van der Waals surface area (Å²) in [7, 11) is 0. The van der Waals surface area contributed by atoms with Crippen molar-refractivity contribution in [3.8, 4) is 5.69 Å². The van der Waals surface area contributed by atoms with E-state index in [0.29, 0.717) is 10.6 Å². The van der Waals surface area contributed by atoms with E-state index >= 15 is 0 Å². The Labute approximate surface area is 191 Å². The summed E-state index contributed by atoms with van der Waals surface area (Å²) in [6, 6.07) is 12.0. The normalized spacial score (nSPS) is 12.4. The van der Waals surface area contributed by atoms with Crippen LogP contribution >= 0.6 is 0 Å². The molecular formula is C22H17N5O7. The molecule has 172 valence electrons. The number of nitro groups is 1. The lowest BCUT2D eigenvalue weighted by molar-refractivity contribution is -0.384. The predicted molar refractivity (Wildman–Crippen MR) is 117 cm³/mol. The van der Waals surface area contributed by atoms with E-state index in [0.717, 1.165) is 12.1 Å². The quantitative estimate of drug-likeness (QED) is 0.242. The second-order valence-electron chi connectivity index (χ2n) is 7.11. The minimum Gasteiger partial charge on any atom is -0.462 e. The van der Waals surface area contributed by atoms with Crippen LogP contribution in [0.4, 0.5) is 11.5 Å². The monoisotopic (exact) mass is 463 g/mol. The van der Waals surface area contributed by atoms with Gasteiger partial charge in [0.05, 0.1) is 34.5 Å². The number of fused-ring (bicyclic) bond motifs is 1. The maximum atomic E-state index is 12.8. The first kappa shape index (κ1) is 22.3. The SMILES string of the molecule is CCOC(=O)c1cnn(-c2ccccc2)c1NC(=O)CN1C(=O)c2ccc([N+](=O)[O-])cc2C1=O. The molecule has 3 amide bonds. The molecule has 2 heterocycles. The number of benzene rings is 2. The average molecular weight is 463 g/mol. The summed E-state index contributed by atoms with van der Waals surface area (Å²) in [5.74, 6) is -3.09. The first-order valence-corrected chi connectivity index (χ1v) is 10.1. The van der Waals surface area contributed by atoms with E-state index in [-0.39, 0.29) is 34.8 Å². The van der Waals surface area contributed by atoms with Crippen LogP contribution in [0.2, 0.25) is 0 Å². The van der Waals surface area contributed by atoms with E-state index in [9.17, 15) is 29.3 Å². The fraction of sp³-hybridized carbons (Fsp3) is 0.136. The highest BCUT2D eigenvalue weighted by molar-refractivity contribution is 6.23. The number of ether oxygens (including phenoxy) is 1. The number of para-hydroxylation sites is 1. The van der Waals surface area contributed by atoms with Gasteiger partial charge in [-0.15, -0.1) is 0 Å². The number of hydrogen-bond donors (Lipinski definition) is 1. The summed E-state index contributed by atoms with van der Waals surface area (Å²) in [6.07, 6.45) is 1.24. The van der Waals surface area contributed by atoms with Crippen molar-refractivity contribution in [2.75, 3.05) is 18.5 Å². The lowest BCUT2D eigenvalue weighted by Gasteiger charge is -2.15. The van der Waals surface area contributed by atoms with E-state index < -0.39 is 35.2 Å². The molecule has 4 rings (SSSR count). The Morgan fingerprint density at radius 3 is 2.47 bits per heavy atom. The number of non-ortho nitro benzene ring substituents is 1. The minimum atomic E-state index is -0.832. The number of carbonyl (C=O) groups is 4. The van der Waals surface area contributed by atoms with Gasteiger partial charge in [-0.2, -0.15) is 5.10 Å². The van der Waals surface area contributed by atoms with E-state index in [4.69, 9.17) is 4.74 Å². The third-order valence-corrected chi connectivity index (χ3v) is 4.99. The standard InChI is InChI=1S/C22H17N5O7/c1-2-34-22(31)17-11-23-26(13-6-4-3-5-7-13)19(17)24-18(28)12-25-20(29)15-9-8-14(27(32)33)10-16(15)21(25)30/h3-11H,2,12H2,1H3,(H,24,28). The molecule has 34 heavy (non-hydrogen) atoms. The van der Waals surface area contributed by atoms with Crippen LogP contribution in [0.5, 0.6) is 0 Å². The molecule has 0 aliphatic carbocycles. The third kappa shape index (κ3) is 3.99. The molecule has 1 aliphatic heterocycles. The van der Waals surface area contributed by atoms with Crippen molar-refractivity contribution in [1.29, 1.82) is 0 Å². The molecule has 0 atom stereocenters. The molecule has 12 heteroatoms. The van der Waals surface area contributed by atoms with Gasteiger partial charge in [0.15, 0.2) is 5.82 Å². The van der Waals surface area contributed by atoms with Gasteiger partial charge in [0, 0.05) is 12.1 Å². The molecule has 12 nitrogen and oxygen atoms in total. The minimum absolute atomic E-state index is 0.00176. The fourth-order valence-electron chi connectivity index (χ4n) is 3.44. The second kappa shape index (κ2) is 8.94. The van der Waals surface area contributed by atoms with Gasteiger partial charge in [-0.05, 0) is 25.1 Å². The molecule has 1 N–H and O–H groups in total. The van der Waals surface area contributed by atoms with Crippen LogP contribution in [-0.4, -0.2) is 56.4 Å². The molecule has 0 fully saturated rings. The van der Waals surface area contributed by atoms with Crippen molar-refractivity contribution in [2.45, 2.75) is 6.92 Å². The lowest BCUT2D eigenvalue weighted by atomic mass is 10.1. The van der Waals surface area contributed by atoms with E-state index in [1.54, 1.807) is 37.3 Å². The van der Waals surface area contributed by atoms with Gasteiger partial charge in [0.1, 0.15) is 12.1 Å². The predicted octanol–water partition coefficient (Wildman–Crippen LogP) is 2.19. The Morgan fingerprint density at radius 1 is 1.09 bits per heavy atom. The van der Waals surface area contributed by atoms with Crippen LogP contribution in [0.15, 0.2) is 54.7 Å². The number of nitrogens with one attached hydrogen (secondary N) is 1. The highest BCUT2D eigenvalue weighted by atomic mass is 16.6. The number of hydrogen-bond acceptors (Lipinski definition) is 8. The maximum Gasteiger partial charge on any atom is 0.343 e. The van der Waals surface area contributed by atoms with Crippen molar-refractivity contribution in [3.05, 3.63) is 81.5 Å². The Bertz CT molecular complexity index is 1330. The van der Waals surface area contributed by atoms with Gasteiger partial charge in [-0.3, -0.25) is 29.4 Å². The molecule has 1 aliphatic rings. The van der Waals surface area contributed by atoms with Crippen molar-refractivity contribution in [2.24, 2.45) is 0 Å². The van der Waals surface area contributed by atoms with Crippen LogP contribution in [0, 0.1) is 10.1 Å². The van der Waals surface area contributed by atoms with Gasteiger partial charge in [0.25, 0.3) is 17.5 Å². The zero-order valence-electron chi connectivity index (χ0n) is 17.8. The van der Waals surface area contributed by atoms with Crippen LogP contribution in [0.1, 0.15) is 38.0 Å². The Hall–Kier alpha value is -4.87. The first-order valence-electron chi connectivity index (χ1n) is 10.1. The fourth-order valence-corrected chi connectivity index (χ4v) is 3.44. The smallest absolute Gasteiger partial charge is 0.343 e. The van der Waals surface area contributed by atoms with Crippen LogP contribution in [0.3, 0.4) is 0 Å². The highest BCUT2D eigenvalue weighted by Gasteiger charge is 2.38. The van der Waals surface area contributed by atoms with Gasteiger partial charge >= 0.3 is 5.97 Å². The average Bonchev–Trinajstić information content (AvgIpc) is 3.34. The number of rotatable bonds is 7. The second-order valence-corrected chi connectivity index (χ2v) is 7.11. The molecule has 2 aromatic carbocycles. The van der Waals surface area contributed by atoms with Gasteiger partial charge < -0.3 is 10.1 Å². The number of anilines is 1. The molecule has 0 radical (unpaired) electrons. The Kier molecular flexibility index (Phi) is 5.87. The Balaban J connectivity index is 1.60. The van der Waals surface area contributed by atoms with Gasteiger partial charge in [0.2, 0.25) is 5.91 Å². The third-order valence-electron chi connectivity index (χ3n) is 4.99. The summed E-state index contributed by atoms with van der Waals surface area (Å²) in [5.41, 5.74) is -0.0195. The van der Waals surface area contributed by atoms with E-state index in [1.165, 1.54) is 16.9 Å². The van der Waals surface area contributed by atoms with Crippen LogP contribution in [-0.2, 0) is 9.53 Å².